The minimum Gasteiger partial charge on any atom is -0.507 e. The lowest BCUT2D eigenvalue weighted by molar-refractivity contribution is 0.0743. The molecule has 3 aromatic rings. The van der Waals surface area contributed by atoms with Crippen molar-refractivity contribution >= 4 is 5.91 Å². The molecule has 1 amide bonds. The van der Waals surface area contributed by atoms with Gasteiger partial charge in [0.1, 0.15) is 35.5 Å². The number of fused-ring (bicyclic) bond motifs is 1. The van der Waals surface area contributed by atoms with Crippen molar-refractivity contribution in [2.24, 2.45) is 0 Å². The number of piperidine rings is 1. The van der Waals surface area contributed by atoms with Gasteiger partial charge in [-0.05, 0) is 60.8 Å². The molecule has 7 nitrogen and oxygen atoms in total. The largest absolute Gasteiger partial charge is 0.507 e. The van der Waals surface area contributed by atoms with Crippen LogP contribution in [0.25, 0.3) is 0 Å². The van der Waals surface area contributed by atoms with Gasteiger partial charge >= 0.3 is 0 Å². The third-order valence-corrected chi connectivity index (χ3v) is 6.82. The maximum absolute atomic E-state index is 13.6. The molecule has 2 aliphatic rings. The minimum atomic E-state index is -0.339. The van der Waals surface area contributed by atoms with Gasteiger partial charge in [-0.3, -0.25) is 4.79 Å². The monoisotopic (exact) mass is 483 g/mol. The maximum Gasteiger partial charge on any atom is 0.262 e. The van der Waals surface area contributed by atoms with Crippen LogP contribution in [0.15, 0.2) is 60.7 Å². The van der Waals surface area contributed by atoms with E-state index in [2.05, 4.69) is 11.9 Å². The molecule has 3 aromatic carbocycles. The summed E-state index contributed by atoms with van der Waals surface area (Å²) < 4.78 is 12.2. The van der Waals surface area contributed by atoms with E-state index in [1.54, 1.807) is 4.90 Å². The van der Waals surface area contributed by atoms with Crippen molar-refractivity contribution in [3.05, 3.63) is 88.5 Å². The minimum absolute atomic E-state index is 0.0699. The number of amides is 1. The van der Waals surface area contributed by atoms with Gasteiger partial charge in [0.05, 0.1) is 11.6 Å². The fraction of sp³-hybridized carbons (Fsp3) is 0.310. The van der Waals surface area contributed by atoms with Crippen molar-refractivity contribution in [2.75, 3.05) is 20.1 Å². The van der Waals surface area contributed by atoms with Crippen LogP contribution < -0.4 is 9.47 Å². The average molecular weight is 484 g/mol. The zero-order valence-corrected chi connectivity index (χ0v) is 20.3. The third-order valence-electron chi connectivity index (χ3n) is 6.82. The topological polar surface area (TPSA) is 86.0 Å². The molecule has 1 saturated heterocycles. The van der Waals surface area contributed by atoms with Gasteiger partial charge in [0.2, 0.25) is 0 Å². The number of carbonyl (C=O) groups excluding carboxylic acids is 1. The first kappa shape index (κ1) is 23.7. The number of ether oxygens (including phenoxy) is 2. The van der Waals surface area contributed by atoms with Gasteiger partial charge in [0, 0.05) is 26.2 Å². The van der Waals surface area contributed by atoms with Crippen LogP contribution in [0, 0.1) is 11.3 Å². The summed E-state index contributed by atoms with van der Waals surface area (Å²) in [5.74, 6) is 0.423. The van der Waals surface area contributed by atoms with Crippen molar-refractivity contribution in [3.63, 3.8) is 0 Å². The lowest BCUT2D eigenvalue weighted by Gasteiger charge is -2.29. The number of nitrogens with zero attached hydrogens (tertiary/aromatic N) is 3. The first-order chi connectivity index (χ1) is 17.5. The summed E-state index contributed by atoms with van der Waals surface area (Å²) in [7, 11) is 2.13. The maximum atomic E-state index is 13.6. The quantitative estimate of drug-likeness (QED) is 0.557. The smallest absolute Gasteiger partial charge is 0.262 e. The third kappa shape index (κ3) is 5.14. The van der Waals surface area contributed by atoms with Crippen molar-refractivity contribution in [1.82, 2.24) is 9.80 Å². The Morgan fingerprint density at radius 3 is 2.56 bits per heavy atom. The SMILES string of the molecule is CN1CCC(Oc2ccc3c(c2)CN(C(=O)c2c(O)cc(C#N)cc2OCc2ccccc2)C3)CC1. The van der Waals surface area contributed by atoms with E-state index in [1.165, 1.54) is 12.1 Å². The fourth-order valence-corrected chi connectivity index (χ4v) is 4.77. The Bertz CT molecular complexity index is 1290. The summed E-state index contributed by atoms with van der Waals surface area (Å²) in [6.07, 6.45) is 2.21. The van der Waals surface area contributed by atoms with Crippen LogP contribution in [0.4, 0.5) is 0 Å². The number of nitriles is 1. The van der Waals surface area contributed by atoms with Crippen LogP contribution in [0.5, 0.6) is 17.2 Å². The second-order valence-corrected chi connectivity index (χ2v) is 9.47. The molecule has 36 heavy (non-hydrogen) atoms. The van der Waals surface area contributed by atoms with E-state index in [0.29, 0.717) is 13.1 Å². The zero-order valence-electron chi connectivity index (χ0n) is 20.3. The molecular formula is C29H29N3O4. The molecule has 5 rings (SSSR count). The van der Waals surface area contributed by atoms with Gasteiger partial charge in [0.25, 0.3) is 5.91 Å². The Morgan fingerprint density at radius 1 is 1.06 bits per heavy atom. The van der Waals surface area contributed by atoms with E-state index >= 15 is 0 Å². The normalized spacial score (nSPS) is 15.8. The Labute approximate surface area is 211 Å². The first-order valence-electron chi connectivity index (χ1n) is 12.2. The summed E-state index contributed by atoms with van der Waals surface area (Å²) in [5, 5.41) is 20.1. The number of hydrogen-bond donors (Lipinski definition) is 1. The van der Waals surface area contributed by atoms with Crippen LogP contribution in [-0.2, 0) is 19.7 Å². The molecule has 184 valence electrons. The predicted molar refractivity (Wildman–Crippen MR) is 135 cm³/mol. The molecule has 7 heteroatoms. The van der Waals surface area contributed by atoms with Gasteiger partial charge in [-0.2, -0.15) is 5.26 Å². The molecule has 0 spiro atoms. The molecule has 0 unspecified atom stereocenters. The molecule has 0 saturated carbocycles. The van der Waals surface area contributed by atoms with Crippen LogP contribution in [0.3, 0.4) is 0 Å². The Hall–Kier alpha value is -4.02. The summed E-state index contributed by atoms with van der Waals surface area (Å²) in [6, 6.07) is 20.4. The van der Waals surface area contributed by atoms with Crippen molar-refractivity contribution in [3.8, 4) is 23.3 Å². The predicted octanol–water partition coefficient (Wildman–Crippen LogP) is 4.47. The molecule has 0 aromatic heterocycles. The first-order valence-corrected chi connectivity index (χ1v) is 12.2. The summed E-state index contributed by atoms with van der Waals surface area (Å²) in [4.78, 5) is 17.6. The number of hydrogen-bond acceptors (Lipinski definition) is 6. The molecular weight excluding hydrogens is 454 g/mol. The highest BCUT2D eigenvalue weighted by atomic mass is 16.5. The highest BCUT2D eigenvalue weighted by Crippen LogP contribution is 2.35. The van der Waals surface area contributed by atoms with E-state index in [-0.39, 0.29) is 41.2 Å². The van der Waals surface area contributed by atoms with E-state index in [4.69, 9.17) is 9.47 Å². The van der Waals surface area contributed by atoms with Gasteiger partial charge in [0.15, 0.2) is 0 Å². The summed E-state index contributed by atoms with van der Waals surface area (Å²) >= 11 is 0. The van der Waals surface area contributed by atoms with E-state index in [0.717, 1.165) is 48.4 Å². The Kier molecular flexibility index (Phi) is 6.79. The molecule has 0 aliphatic carbocycles. The molecule has 1 fully saturated rings. The van der Waals surface area contributed by atoms with Gasteiger partial charge < -0.3 is 24.4 Å². The standard InChI is InChI=1S/C29H29N3O4/c1-31-11-9-24(10-12-31)36-25-8-7-22-17-32(18-23(22)15-25)29(34)28-26(33)13-21(16-30)14-27(28)35-19-20-5-3-2-4-6-20/h2-8,13-15,24,33H,9-12,17-19H2,1H3. The molecule has 0 radical (unpaired) electrons. The van der Waals surface area contributed by atoms with E-state index in [9.17, 15) is 15.2 Å². The average Bonchev–Trinajstić information content (AvgIpc) is 3.32. The van der Waals surface area contributed by atoms with E-state index < -0.39 is 0 Å². The number of phenols is 1. The van der Waals surface area contributed by atoms with Gasteiger partial charge in [-0.1, -0.05) is 36.4 Å². The number of rotatable bonds is 6. The van der Waals surface area contributed by atoms with Crippen LogP contribution in [-0.4, -0.2) is 47.1 Å². The van der Waals surface area contributed by atoms with Gasteiger partial charge in [-0.15, -0.1) is 0 Å². The second kappa shape index (κ2) is 10.3. The molecule has 0 bridgehead atoms. The Morgan fingerprint density at radius 2 is 1.81 bits per heavy atom. The van der Waals surface area contributed by atoms with Crippen molar-refractivity contribution < 1.29 is 19.4 Å². The second-order valence-electron chi connectivity index (χ2n) is 9.47. The number of likely N-dealkylation sites (tertiary alicyclic amines) is 1. The van der Waals surface area contributed by atoms with E-state index in [1.807, 2.05) is 54.6 Å². The van der Waals surface area contributed by atoms with Crippen molar-refractivity contribution in [1.29, 1.82) is 5.26 Å². The fourth-order valence-electron chi connectivity index (χ4n) is 4.77. The van der Waals surface area contributed by atoms with Crippen LogP contribution in [0.1, 0.15) is 45.5 Å². The number of carbonyl (C=O) groups is 1. The highest BCUT2D eigenvalue weighted by molar-refractivity contribution is 6.00. The summed E-state index contributed by atoms with van der Waals surface area (Å²) in [6.45, 7) is 3.12. The number of aromatic hydroxyl groups is 1. The molecule has 1 N–H and O–H groups in total. The van der Waals surface area contributed by atoms with Crippen molar-refractivity contribution in [2.45, 2.75) is 38.6 Å². The lowest BCUT2D eigenvalue weighted by Crippen LogP contribution is -2.35. The number of benzene rings is 3. The Balaban J connectivity index is 1.33. The van der Waals surface area contributed by atoms with Crippen LogP contribution in [0.2, 0.25) is 0 Å². The molecule has 0 atom stereocenters. The zero-order chi connectivity index (χ0) is 25.1. The molecule has 2 heterocycles. The van der Waals surface area contributed by atoms with Gasteiger partial charge in [-0.25, -0.2) is 0 Å². The molecule has 2 aliphatic heterocycles. The highest BCUT2D eigenvalue weighted by Gasteiger charge is 2.30. The van der Waals surface area contributed by atoms with Crippen LogP contribution >= 0.6 is 0 Å². The lowest BCUT2D eigenvalue weighted by atomic mass is 10.1. The number of phenolic OH excluding ortho intramolecular Hbond substituents is 1. The summed E-state index contributed by atoms with van der Waals surface area (Å²) in [5.41, 5.74) is 3.31.